The monoisotopic (exact) mass is 289 g/mol. The third-order valence-electron chi connectivity index (χ3n) is 2.75. The highest BCUT2D eigenvalue weighted by molar-refractivity contribution is 7.89. The van der Waals surface area contributed by atoms with Crippen molar-refractivity contribution in [3.05, 3.63) is 23.5 Å². The second-order valence-corrected chi connectivity index (χ2v) is 6.09. The fraction of sp³-hybridized carbons (Fsp3) is 0.400. The number of carbonyl (C=O) groups excluding carboxylic acids is 1. The average molecular weight is 290 g/mol. The Balaban J connectivity index is 2.43. The summed E-state index contributed by atoms with van der Waals surface area (Å²) < 4.78 is 25.9. The molecular formula is C10H12ClN3O3S. The molecule has 1 aromatic heterocycles. The molecule has 2 heterocycles. The zero-order valence-electron chi connectivity index (χ0n) is 9.63. The van der Waals surface area contributed by atoms with Crippen LogP contribution in [0.2, 0.25) is 5.15 Å². The molecule has 1 aliphatic heterocycles. The summed E-state index contributed by atoms with van der Waals surface area (Å²) in [5, 5.41) is 2.52. The van der Waals surface area contributed by atoms with Gasteiger partial charge in [0.25, 0.3) is 0 Å². The van der Waals surface area contributed by atoms with Crippen molar-refractivity contribution in [2.24, 2.45) is 0 Å². The maximum atomic E-state index is 12.4. The summed E-state index contributed by atoms with van der Waals surface area (Å²) in [4.78, 5) is 15.2. The summed E-state index contributed by atoms with van der Waals surface area (Å²) in [6, 6.07) is 2.12. The molecule has 1 atom stereocenters. The van der Waals surface area contributed by atoms with Gasteiger partial charge in [-0.2, -0.15) is 4.31 Å². The van der Waals surface area contributed by atoms with Crippen molar-refractivity contribution < 1.29 is 13.2 Å². The highest BCUT2D eigenvalue weighted by atomic mass is 35.5. The maximum Gasteiger partial charge on any atom is 0.246 e. The first kappa shape index (κ1) is 13.3. The summed E-state index contributed by atoms with van der Waals surface area (Å²) in [7, 11) is -3.80. The first-order valence-corrected chi connectivity index (χ1v) is 7.16. The first-order chi connectivity index (χ1) is 8.44. The molecule has 2 rings (SSSR count). The zero-order chi connectivity index (χ0) is 13.3. The number of hydrogen-bond acceptors (Lipinski definition) is 4. The average Bonchev–Trinajstić information content (AvgIpc) is 2.32. The molecule has 6 nitrogen and oxygen atoms in total. The standard InChI is InChI=1S/C10H12ClN3O3S/c1-7-10(15)13-5-6-14(7)18(16,17)8-3-2-4-12-9(8)11/h2-4,7H,5-6H2,1H3,(H,13,15). The molecular weight excluding hydrogens is 278 g/mol. The number of piperazine rings is 1. The number of rotatable bonds is 2. The quantitative estimate of drug-likeness (QED) is 0.791. The van der Waals surface area contributed by atoms with Gasteiger partial charge in [0.2, 0.25) is 15.9 Å². The van der Waals surface area contributed by atoms with Crippen LogP contribution in [0.5, 0.6) is 0 Å². The van der Waals surface area contributed by atoms with E-state index < -0.39 is 16.1 Å². The number of hydrogen-bond donors (Lipinski definition) is 1. The molecule has 0 aliphatic carbocycles. The van der Waals surface area contributed by atoms with E-state index in [1.807, 2.05) is 0 Å². The largest absolute Gasteiger partial charge is 0.353 e. The predicted molar refractivity (Wildman–Crippen MR) is 65.6 cm³/mol. The Labute approximate surface area is 110 Å². The molecule has 98 valence electrons. The summed E-state index contributed by atoms with van der Waals surface area (Å²) in [5.74, 6) is -0.315. The van der Waals surface area contributed by atoms with Gasteiger partial charge in [-0.25, -0.2) is 13.4 Å². The van der Waals surface area contributed by atoms with Gasteiger partial charge in [0, 0.05) is 19.3 Å². The smallest absolute Gasteiger partial charge is 0.246 e. The number of nitrogens with zero attached hydrogens (tertiary/aromatic N) is 2. The minimum Gasteiger partial charge on any atom is -0.353 e. The second kappa shape index (κ2) is 4.83. The lowest BCUT2D eigenvalue weighted by Gasteiger charge is -2.31. The maximum absolute atomic E-state index is 12.4. The lowest BCUT2D eigenvalue weighted by atomic mass is 10.2. The molecule has 1 amide bonds. The van der Waals surface area contributed by atoms with Crippen LogP contribution < -0.4 is 5.32 Å². The van der Waals surface area contributed by atoms with Gasteiger partial charge in [0.15, 0.2) is 0 Å². The Bertz CT molecular complexity index is 575. The van der Waals surface area contributed by atoms with Crippen LogP contribution in [0.4, 0.5) is 0 Å². The van der Waals surface area contributed by atoms with E-state index in [0.29, 0.717) is 6.54 Å². The third-order valence-corrected chi connectivity index (χ3v) is 5.17. The lowest BCUT2D eigenvalue weighted by molar-refractivity contribution is -0.126. The number of pyridine rings is 1. The molecule has 8 heteroatoms. The molecule has 18 heavy (non-hydrogen) atoms. The first-order valence-electron chi connectivity index (χ1n) is 5.34. The van der Waals surface area contributed by atoms with Gasteiger partial charge in [-0.1, -0.05) is 11.6 Å². The second-order valence-electron chi connectivity index (χ2n) is 3.88. The molecule has 0 aromatic carbocycles. The number of nitrogens with one attached hydrogen (secondary N) is 1. The van der Waals surface area contributed by atoms with Crippen molar-refractivity contribution in [3.63, 3.8) is 0 Å². The summed E-state index contributed by atoms with van der Waals surface area (Å²) in [6.07, 6.45) is 1.41. The summed E-state index contributed by atoms with van der Waals surface area (Å²) in [5.41, 5.74) is 0. The van der Waals surface area contributed by atoms with Crippen LogP contribution in [0, 0.1) is 0 Å². The van der Waals surface area contributed by atoms with Gasteiger partial charge < -0.3 is 5.32 Å². The van der Waals surface area contributed by atoms with Crippen molar-refractivity contribution in [2.75, 3.05) is 13.1 Å². The predicted octanol–water partition coefficient (Wildman–Crippen LogP) is 0.244. The SMILES string of the molecule is CC1C(=O)NCCN1S(=O)(=O)c1cccnc1Cl. The fourth-order valence-electron chi connectivity index (χ4n) is 1.78. The Kier molecular flexibility index (Phi) is 3.56. The lowest BCUT2D eigenvalue weighted by Crippen LogP contribution is -2.55. The Morgan fingerprint density at radius 3 is 2.94 bits per heavy atom. The molecule has 1 unspecified atom stereocenters. The van der Waals surface area contributed by atoms with Crippen LogP contribution in [0.3, 0.4) is 0 Å². The highest BCUT2D eigenvalue weighted by Crippen LogP contribution is 2.24. The Hall–Kier alpha value is -1.18. The van der Waals surface area contributed by atoms with Crippen molar-refractivity contribution in [1.29, 1.82) is 0 Å². The Morgan fingerprint density at radius 2 is 2.28 bits per heavy atom. The van der Waals surface area contributed by atoms with E-state index in [2.05, 4.69) is 10.3 Å². The van der Waals surface area contributed by atoms with E-state index in [-0.39, 0.29) is 22.5 Å². The molecule has 0 saturated carbocycles. The summed E-state index contributed by atoms with van der Waals surface area (Å²) >= 11 is 5.79. The fourth-order valence-corrected chi connectivity index (χ4v) is 3.80. The van der Waals surface area contributed by atoms with Crippen molar-refractivity contribution in [1.82, 2.24) is 14.6 Å². The molecule has 0 spiro atoms. The third kappa shape index (κ3) is 2.21. The van der Waals surface area contributed by atoms with Gasteiger partial charge in [-0.3, -0.25) is 4.79 Å². The van der Waals surface area contributed by atoms with Crippen LogP contribution in [0.1, 0.15) is 6.92 Å². The van der Waals surface area contributed by atoms with Gasteiger partial charge >= 0.3 is 0 Å². The van der Waals surface area contributed by atoms with Crippen molar-refractivity contribution in [2.45, 2.75) is 17.9 Å². The Morgan fingerprint density at radius 1 is 1.56 bits per heavy atom. The highest BCUT2D eigenvalue weighted by Gasteiger charge is 2.36. The number of amides is 1. The molecule has 0 radical (unpaired) electrons. The molecule has 1 aromatic rings. The molecule has 1 saturated heterocycles. The topological polar surface area (TPSA) is 79.4 Å². The van der Waals surface area contributed by atoms with Crippen LogP contribution in [-0.2, 0) is 14.8 Å². The normalized spacial score (nSPS) is 21.7. The molecule has 1 fully saturated rings. The van der Waals surface area contributed by atoms with E-state index in [9.17, 15) is 13.2 Å². The number of halogens is 1. The summed E-state index contributed by atoms with van der Waals surface area (Å²) in [6.45, 7) is 2.05. The number of sulfonamides is 1. The molecule has 1 N–H and O–H groups in total. The van der Waals surface area contributed by atoms with E-state index in [4.69, 9.17) is 11.6 Å². The van der Waals surface area contributed by atoms with E-state index in [0.717, 1.165) is 4.31 Å². The molecule has 1 aliphatic rings. The van der Waals surface area contributed by atoms with Gasteiger partial charge in [-0.05, 0) is 19.1 Å². The minimum atomic E-state index is -3.80. The number of carbonyl (C=O) groups is 1. The van der Waals surface area contributed by atoms with Crippen LogP contribution in [0.15, 0.2) is 23.2 Å². The van der Waals surface area contributed by atoms with Crippen LogP contribution >= 0.6 is 11.6 Å². The van der Waals surface area contributed by atoms with Gasteiger partial charge in [0.1, 0.15) is 16.1 Å². The van der Waals surface area contributed by atoms with E-state index in [1.165, 1.54) is 25.3 Å². The van der Waals surface area contributed by atoms with Crippen molar-refractivity contribution >= 4 is 27.5 Å². The van der Waals surface area contributed by atoms with Crippen molar-refractivity contribution in [3.8, 4) is 0 Å². The van der Waals surface area contributed by atoms with Crippen LogP contribution in [-0.4, -0.2) is 42.7 Å². The van der Waals surface area contributed by atoms with E-state index in [1.54, 1.807) is 0 Å². The van der Waals surface area contributed by atoms with E-state index >= 15 is 0 Å². The van der Waals surface area contributed by atoms with Crippen LogP contribution in [0.25, 0.3) is 0 Å². The minimum absolute atomic E-state index is 0.0757. The van der Waals surface area contributed by atoms with Gasteiger partial charge in [-0.15, -0.1) is 0 Å². The zero-order valence-corrected chi connectivity index (χ0v) is 11.2. The van der Waals surface area contributed by atoms with Gasteiger partial charge in [0.05, 0.1) is 0 Å². The number of aromatic nitrogens is 1. The molecule has 0 bridgehead atoms.